The van der Waals surface area contributed by atoms with E-state index in [-0.39, 0.29) is 23.2 Å². The van der Waals surface area contributed by atoms with Crippen molar-refractivity contribution >= 4 is 20.4 Å². The molecule has 5 atom stereocenters. The Labute approximate surface area is 334 Å². The molecule has 0 radical (unpaired) electrons. The lowest BCUT2D eigenvalue weighted by molar-refractivity contribution is -0.156. The zero-order valence-electron chi connectivity index (χ0n) is 35.3. The van der Waals surface area contributed by atoms with Crippen molar-refractivity contribution in [2.75, 3.05) is 13.7 Å². The minimum Gasteiger partial charge on any atom is -0.497 e. The molecule has 306 valence electrons. The second-order valence-corrected chi connectivity index (χ2v) is 21.9. The second-order valence-electron chi connectivity index (χ2n) is 17.2. The summed E-state index contributed by atoms with van der Waals surface area (Å²) in [6.45, 7) is 24.3. The molecule has 3 heterocycles. The van der Waals surface area contributed by atoms with Gasteiger partial charge in [-0.1, -0.05) is 64.1 Å². The fraction of sp³-hybridized carbons (Fsp3) is 0.545. The maximum absolute atomic E-state index is 13.3. The number of methoxy groups -OCH3 is 1. The lowest BCUT2D eigenvalue weighted by atomic mass is 9.99. The van der Waals surface area contributed by atoms with Crippen molar-refractivity contribution in [2.45, 2.75) is 136 Å². The van der Waals surface area contributed by atoms with Crippen LogP contribution in [0.1, 0.15) is 90.2 Å². The highest BCUT2D eigenvalue weighted by molar-refractivity contribution is 6.74. The van der Waals surface area contributed by atoms with Crippen LogP contribution in [-0.2, 0) is 36.5 Å². The smallest absolute Gasteiger partial charge is 0.345 e. The quantitative estimate of drug-likeness (QED) is 0.0746. The summed E-state index contributed by atoms with van der Waals surface area (Å²) in [5, 5.41) is 0.106. The summed E-state index contributed by atoms with van der Waals surface area (Å²) in [4.78, 5) is 17.4. The van der Waals surface area contributed by atoms with Crippen molar-refractivity contribution in [3.63, 3.8) is 0 Å². The summed E-state index contributed by atoms with van der Waals surface area (Å²) in [6.07, 6.45) is 12.8. The van der Waals surface area contributed by atoms with Crippen molar-refractivity contribution in [1.29, 1.82) is 0 Å². The van der Waals surface area contributed by atoms with E-state index in [4.69, 9.17) is 37.6 Å². The van der Waals surface area contributed by atoms with Gasteiger partial charge in [0.05, 0.1) is 32.7 Å². The van der Waals surface area contributed by atoms with Gasteiger partial charge in [-0.25, -0.2) is 9.78 Å². The summed E-state index contributed by atoms with van der Waals surface area (Å²) < 4.78 is 51.7. The summed E-state index contributed by atoms with van der Waals surface area (Å²) in [7, 11) is -0.318. The summed E-state index contributed by atoms with van der Waals surface area (Å²) in [5.41, 5.74) is 1.97. The third kappa shape index (κ3) is 11.3. The first kappa shape index (κ1) is 43.2. The highest BCUT2D eigenvalue weighted by Crippen LogP contribution is 2.40. The number of rotatable bonds is 17. The predicted molar refractivity (Wildman–Crippen MR) is 219 cm³/mol. The number of carbonyl (C=O) groups is 1. The van der Waals surface area contributed by atoms with E-state index in [0.717, 1.165) is 11.3 Å². The molecule has 5 rings (SSSR count). The average Bonchev–Trinajstić information content (AvgIpc) is 3.73. The standard InChI is InChI=1S/C44H62N2O9Si/c1-30(31(2)55-56(11,12)42(3,4)5)16-21-36(50-28-32-17-19-34(48-10)20-18-32)40-37(51-43(6,7)53-40)15-13-14-33-26-35(49-25-24-46-23-22-45-29-46)27-38-39(33)41(47)54-44(8,9)52-38/h13-14,16-23,26-27,29-31,36-37,40H,15,24-25,28H2,1-12H3/t30-,31+,36-,37+,40-/m1/s1. The Kier molecular flexibility index (Phi) is 13.6. The Morgan fingerprint density at radius 3 is 2.38 bits per heavy atom. The van der Waals surface area contributed by atoms with E-state index in [0.29, 0.717) is 48.8 Å². The molecule has 1 saturated heterocycles. The summed E-state index contributed by atoms with van der Waals surface area (Å²) in [5.74, 6) is -0.540. The number of cyclic esters (lactones) is 1. The first-order valence-electron chi connectivity index (χ1n) is 19.6. The van der Waals surface area contributed by atoms with E-state index in [1.165, 1.54) is 0 Å². The van der Waals surface area contributed by atoms with E-state index in [1.54, 1.807) is 39.5 Å². The number of carbonyl (C=O) groups excluding carboxylic acids is 1. The number of ether oxygens (including phenoxy) is 7. The predicted octanol–water partition coefficient (Wildman–Crippen LogP) is 9.37. The minimum atomic E-state index is -1.97. The fourth-order valence-electron chi connectivity index (χ4n) is 6.39. The number of nitrogens with zero attached hydrogens (tertiary/aromatic N) is 2. The second kappa shape index (κ2) is 17.7. The topological polar surface area (TPSA) is 109 Å². The van der Waals surface area contributed by atoms with Crippen LogP contribution >= 0.6 is 0 Å². The molecule has 11 nitrogen and oxygen atoms in total. The molecule has 2 aromatic carbocycles. The monoisotopic (exact) mass is 790 g/mol. The van der Waals surface area contributed by atoms with Gasteiger partial charge in [-0.05, 0) is 80.6 Å². The van der Waals surface area contributed by atoms with Gasteiger partial charge < -0.3 is 42.2 Å². The van der Waals surface area contributed by atoms with Crippen molar-refractivity contribution in [3.05, 3.63) is 90.0 Å². The Hall–Kier alpha value is -3.94. The largest absolute Gasteiger partial charge is 0.497 e. The maximum atomic E-state index is 13.3. The maximum Gasteiger partial charge on any atom is 0.345 e. The Morgan fingerprint density at radius 2 is 1.71 bits per heavy atom. The van der Waals surface area contributed by atoms with Gasteiger partial charge in [-0.2, -0.15) is 0 Å². The Morgan fingerprint density at radius 1 is 0.982 bits per heavy atom. The van der Waals surface area contributed by atoms with Crippen LogP contribution in [0.5, 0.6) is 17.2 Å². The van der Waals surface area contributed by atoms with Crippen LogP contribution in [0.25, 0.3) is 6.08 Å². The van der Waals surface area contributed by atoms with E-state index in [2.05, 4.69) is 64.8 Å². The van der Waals surface area contributed by atoms with Crippen LogP contribution in [0.2, 0.25) is 18.1 Å². The van der Waals surface area contributed by atoms with E-state index >= 15 is 0 Å². The molecule has 1 aromatic heterocycles. The fourth-order valence-corrected chi connectivity index (χ4v) is 7.89. The number of fused-ring (bicyclic) bond motifs is 1. The van der Waals surface area contributed by atoms with Gasteiger partial charge in [0.1, 0.15) is 41.6 Å². The molecule has 56 heavy (non-hydrogen) atoms. The highest BCUT2D eigenvalue weighted by Gasteiger charge is 2.45. The number of aromatic nitrogens is 2. The number of benzene rings is 2. The first-order chi connectivity index (χ1) is 26.3. The number of imidazole rings is 1. The van der Waals surface area contributed by atoms with Gasteiger partial charge in [0.2, 0.25) is 5.79 Å². The highest BCUT2D eigenvalue weighted by atomic mass is 28.4. The number of esters is 1. The molecule has 0 bridgehead atoms. The lowest BCUT2D eigenvalue weighted by Gasteiger charge is -2.39. The summed E-state index contributed by atoms with van der Waals surface area (Å²) in [6, 6.07) is 11.4. The van der Waals surface area contributed by atoms with Crippen molar-refractivity contribution in [2.24, 2.45) is 5.92 Å². The van der Waals surface area contributed by atoms with Crippen molar-refractivity contribution in [3.8, 4) is 17.2 Å². The van der Waals surface area contributed by atoms with Gasteiger partial charge >= 0.3 is 5.97 Å². The van der Waals surface area contributed by atoms with Crippen LogP contribution in [0.15, 0.2) is 73.3 Å². The first-order valence-corrected chi connectivity index (χ1v) is 22.5. The van der Waals surface area contributed by atoms with Crippen molar-refractivity contribution in [1.82, 2.24) is 9.55 Å². The molecular weight excluding hydrogens is 729 g/mol. The van der Waals surface area contributed by atoms with Crippen LogP contribution < -0.4 is 14.2 Å². The molecule has 0 amide bonds. The molecule has 0 aliphatic carbocycles. The van der Waals surface area contributed by atoms with Crippen LogP contribution in [0.4, 0.5) is 0 Å². The van der Waals surface area contributed by atoms with E-state index < -0.39 is 38.1 Å². The minimum absolute atomic E-state index is 0.0168. The number of hydrogen-bond donors (Lipinski definition) is 0. The van der Waals surface area contributed by atoms with Crippen LogP contribution in [-0.4, -0.2) is 73.5 Å². The van der Waals surface area contributed by atoms with E-state index in [9.17, 15) is 4.79 Å². The molecule has 2 aliphatic rings. The zero-order valence-corrected chi connectivity index (χ0v) is 36.3. The summed E-state index contributed by atoms with van der Waals surface area (Å²) >= 11 is 0. The van der Waals surface area contributed by atoms with Gasteiger partial charge in [-0.3, -0.25) is 0 Å². The third-order valence-corrected chi connectivity index (χ3v) is 15.2. The molecule has 2 aliphatic heterocycles. The normalized spacial score (nSPS) is 21.0. The third-order valence-electron chi connectivity index (χ3n) is 10.6. The molecule has 3 aromatic rings. The Bertz CT molecular complexity index is 1810. The van der Waals surface area contributed by atoms with Gasteiger partial charge in [-0.15, -0.1) is 0 Å². The zero-order chi connectivity index (χ0) is 40.9. The van der Waals surface area contributed by atoms with Gasteiger partial charge in [0.15, 0.2) is 14.1 Å². The molecule has 1 fully saturated rings. The lowest BCUT2D eigenvalue weighted by Crippen LogP contribution is -2.44. The van der Waals surface area contributed by atoms with Crippen LogP contribution in [0, 0.1) is 5.92 Å². The van der Waals surface area contributed by atoms with Crippen LogP contribution in [0.3, 0.4) is 0 Å². The molecule has 12 heteroatoms. The number of hydrogen-bond acceptors (Lipinski definition) is 10. The molecular formula is C44H62N2O9Si. The molecule has 0 N–H and O–H groups in total. The molecule has 0 saturated carbocycles. The van der Waals surface area contributed by atoms with Crippen molar-refractivity contribution < 1.29 is 42.4 Å². The molecule has 0 spiro atoms. The molecule has 0 unspecified atom stereocenters. The SMILES string of the molecule is COc1ccc(CO[C@H](C=C[C@@H](C)[C@H](C)O[Si](C)(C)C(C)(C)C)[C@H]2OC(C)(C)O[C@H]2CC=Cc2cc(OCCn3ccnc3)cc3c2C(=O)OC(C)(C)O3)cc1. The average molecular weight is 791 g/mol. The van der Waals surface area contributed by atoms with Gasteiger partial charge in [0, 0.05) is 38.4 Å². The van der Waals surface area contributed by atoms with Gasteiger partial charge in [0.25, 0.3) is 0 Å². The Balaban J connectivity index is 1.38. The van der Waals surface area contributed by atoms with E-state index in [1.807, 2.05) is 67.1 Å².